The lowest BCUT2D eigenvalue weighted by Crippen LogP contribution is -2.29. The van der Waals surface area contributed by atoms with Gasteiger partial charge in [0.1, 0.15) is 6.10 Å². The second-order valence-electron chi connectivity index (χ2n) is 3.35. The molecule has 13 heavy (non-hydrogen) atoms. The van der Waals surface area contributed by atoms with Gasteiger partial charge in [0, 0.05) is 12.2 Å². The first-order chi connectivity index (χ1) is 6.27. The summed E-state index contributed by atoms with van der Waals surface area (Å²) in [5, 5.41) is 13.0. The molecule has 1 fully saturated rings. The summed E-state index contributed by atoms with van der Waals surface area (Å²) < 4.78 is 0. The molecular formula is C8H13N3O2. The van der Waals surface area contributed by atoms with Gasteiger partial charge in [-0.1, -0.05) is 0 Å². The Hall–Kier alpha value is -1.07. The van der Waals surface area contributed by atoms with E-state index in [0.717, 1.165) is 19.4 Å². The highest BCUT2D eigenvalue weighted by atomic mass is 16.3. The zero-order valence-corrected chi connectivity index (χ0v) is 7.21. The summed E-state index contributed by atoms with van der Waals surface area (Å²) in [6, 6.07) is 0.0754. The van der Waals surface area contributed by atoms with Crippen LogP contribution in [0.5, 0.6) is 0 Å². The summed E-state index contributed by atoms with van der Waals surface area (Å²) in [6.07, 6.45) is 2.94. The van der Waals surface area contributed by atoms with E-state index in [4.69, 9.17) is 0 Å². The molecular weight excluding hydrogens is 170 g/mol. The average Bonchev–Trinajstić information content (AvgIpc) is 2.72. The van der Waals surface area contributed by atoms with Gasteiger partial charge < -0.3 is 20.4 Å². The number of aromatic nitrogens is 2. The third-order valence-electron chi connectivity index (χ3n) is 2.41. The van der Waals surface area contributed by atoms with E-state index in [1.165, 1.54) is 6.20 Å². The van der Waals surface area contributed by atoms with Crippen LogP contribution in [0, 0.1) is 0 Å². The molecule has 0 bridgehead atoms. The molecule has 2 atom stereocenters. The van der Waals surface area contributed by atoms with Gasteiger partial charge in [-0.15, -0.1) is 0 Å². The van der Waals surface area contributed by atoms with Crippen molar-refractivity contribution in [3.63, 3.8) is 0 Å². The highest BCUT2D eigenvalue weighted by Gasteiger charge is 2.24. The summed E-state index contributed by atoms with van der Waals surface area (Å²) in [4.78, 5) is 15.8. The first-order valence-corrected chi connectivity index (χ1v) is 4.46. The van der Waals surface area contributed by atoms with Crippen molar-refractivity contribution < 1.29 is 5.11 Å². The van der Waals surface area contributed by atoms with E-state index in [2.05, 4.69) is 15.3 Å². The van der Waals surface area contributed by atoms with Crippen molar-refractivity contribution in [1.82, 2.24) is 15.3 Å². The zero-order chi connectivity index (χ0) is 9.26. The van der Waals surface area contributed by atoms with E-state index in [1.54, 1.807) is 0 Å². The Morgan fingerprint density at radius 1 is 1.62 bits per heavy atom. The Bertz CT molecular complexity index is 324. The van der Waals surface area contributed by atoms with E-state index < -0.39 is 6.10 Å². The summed E-state index contributed by atoms with van der Waals surface area (Å²) in [6.45, 7) is 0.941. The molecule has 72 valence electrons. The van der Waals surface area contributed by atoms with Crippen LogP contribution < -0.4 is 11.0 Å². The van der Waals surface area contributed by atoms with E-state index in [1.807, 2.05) is 0 Å². The highest BCUT2D eigenvalue weighted by Crippen LogP contribution is 2.19. The Kier molecular flexibility index (Phi) is 2.20. The Balaban J connectivity index is 2.11. The second kappa shape index (κ2) is 3.35. The average molecular weight is 183 g/mol. The molecule has 2 rings (SSSR count). The van der Waals surface area contributed by atoms with Crippen molar-refractivity contribution in [1.29, 1.82) is 0 Å². The standard InChI is InChI=1S/C8H13N3O2/c12-7(5-2-1-3-9-5)6-4-10-8(13)11-6/h4-5,7,9,12H,1-3H2,(H2,10,11,13). The number of aliphatic hydroxyl groups is 1. The smallest absolute Gasteiger partial charge is 0.323 e. The van der Waals surface area contributed by atoms with Gasteiger partial charge in [0.2, 0.25) is 0 Å². The molecule has 0 aliphatic carbocycles. The molecule has 0 aromatic carbocycles. The van der Waals surface area contributed by atoms with E-state index in [9.17, 15) is 9.90 Å². The third-order valence-corrected chi connectivity index (χ3v) is 2.41. The van der Waals surface area contributed by atoms with Gasteiger partial charge in [0.05, 0.1) is 5.69 Å². The quantitative estimate of drug-likeness (QED) is 0.498. The largest absolute Gasteiger partial charge is 0.385 e. The van der Waals surface area contributed by atoms with Crippen LogP contribution in [0.4, 0.5) is 0 Å². The fourth-order valence-corrected chi connectivity index (χ4v) is 1.70. The van der Waals surface area contributed by atoms with Crippen LogP contribution in [0.2, 0.25) is 0 Å². The zero-order valence-electron chi connectivity index (χ0n) is 7.21. The molecule has 0 amide bonds. The van der Waals surface area contributed by atoms with Crippen molar-refractivity contribution in [3.05, 3.63) is 22.4 Å². The predicted octanol–water partition coefficient (Wildman–Crippen LogP) is -0.512. The van der Waals surface area contributed by atoms with Crippen molar-refractivity contribution >= 4 is 0 Å². The number of imidazole rings is 1. The van der Waals surface area contributed by atoms with Crippen LogP contribution in [-0.2, 0) is 0 Å². The first-order valence-electron chi connectivity index (χ1n) is 4.46. The van der Waals surface area contributed by atoms with Crippen molar-refractivity contribution in [2.45, 2.75) is 25.0 Å². The molecule has 1 aliphatic heterocycles. The second-order valence-corrected chi connectivity index (χ2v) is 3.35. The predicted molar refractivity (Wildman–Crippen MR) is 47.4 cm³/mol. The van der Waals surface area contributed by atoms with Crippen molar-refractivity contribution in [3.8, 4) is 0 Å². The molecule has 5 nitrogen and oxygen atoms in total. The highest BCUT2D eigenvalue weighted by molar-refractivity contribution is 5.03. The number of hydrogen-bond acceptors (Lipinski definition) is 3. The van der Waals surface area contributed by atoms with Gasteiger partial charge in [0.15, 0.2) is 0 Å². The maximum absolute atomic E-state index is 10.8. The van der Waals surface area contributed by atoms with Crippen LogP contribution >= 0.6 is 0 Å². The Morgan fingerprint density at radius 2 is 2.46 bits per heavy atom. The van der Waals surface area contributed by atoms with Gasteiger partial charge >= 0.3 is 5.69 Å². The van der Waals surface area contributed by atoms with Crippen LogP contribution in [0.15, 0.2) is 11.0 Å². The van der Waals surface area contributed by atoms with Gasteiger partial charge in [-0.25, -0.2) is 4.79 Å². The lowest BCUT2D eigenvalue weighted by atomic mass is 10.1. The molecule has 1 aliphatic rings. The van der Waals surface area contributed by atoms with Gasteiger partial charge in [-0.05, 0) is 19.4 Å². The number of aromatic amines is 2. The minimum Gasteiger partial charge on any atom is -0.385 e. The summed E-state index contributed by atoms with van der Waals surface area (Å²) in [5.74, 6) is 0. The van der Waals surface area contributed by atoms with E-state index in [-0.39, 0.29) is 11.7 Å². The fourth-order valence-electron chi connectivity index (χ4n) is 1.70. The molecule has 1 saturated heterocycles. The molecule has 2 heterocycles. The van der Waals surface area contributed by atoms with E-state index >= 15 is 0 Å². The van der Waals surface area contributed by atoms with Crippen molar-refractivity contribution in [2.75, 3.05) is 6.54 Å². The topological polar surface area (TPSA) is 80.9 Å². The molecule has 1 aromatic rings. The van der Waals surface area contributed by atoms with Crippen molar-refractivity contribution in [2.24, 2.45) is 0 Å². The Labute approximate surface area is 75.2 Å². The van der Waals surface area contributed by atoms with Crippen LogP contribution in [0.1, 0.15) is 24.6 Å². The number of hydrogen-bond donors (Lipinski definition) is 4. The molecule has 5 heteroatoms. The molecule has 1 aromatic heterocycles. The SMILES string of the molecule is O=c1[nH]cc(C(O)C2CCCN2)[nH]1. The maximum Gasteiger partial charge on any atom is 0.323 e. The lowest BCUT2D eigenvalue weighted by Gasteiger charge is -2.15. The summed E-state index contributed by atoms with van der Waals surface area (Å²) >= 11 is 0. The fraction of sp³-hybridized carbons (Fsp3) is 0.625. The number of H-pyrrole nitrogens is 2. The van der Waals surface area contributed by atoms with Gasteiger partial charge in [-0.2, -0.15) is 0 Å². The monoisotopic (exact) mass is 183 g/mol. The van der Waals surface area contributed by atoms with Gasteiger partial charge in [0.25, 0.3) is 0 Å². The number of nitrogens with one attached hydrogen (secondary N) is 3. The molecule has 0 radical (unpaired) electrons. The van der Waals surface area contributed by atoms with E-state index in [0.29, 0.717) is 5.69 Å². The summed E-state index contributed by atoms with van der Waals surface area (Å²) in [5.41, 5.74) is 0.288. The summed E-state index contributed by atoms with van der Waals surface area (Å²) in [7, 11) is 0. The molecule has 2 unspecified atom stereocenters. The Morgan fingerprint density at radius 3 is 3.00 bits per heavy atom. The number of rotatable bonds is 2. The first kappa shape index (κ1) is 8.52. The molecule has 0 spiro atoms. The van der Waals surface area contributed by atoms with Gasteiger partial charge in [-0.3, -0.25) is 0 Å². The maximum atomic E-state index is 10.8. The normalized spacial score (nSPS) is 24.8. The third kappa shape index (κ3) is 1.66. The van der Waals surface area contributed by atoms with Crippen LogP contribution in [0.25, 0.3) is 0 Å². The lowest BCUT2D eigenvalue weighted by molar-refractivity contribution is 0.133. The van der Waals surface area contributed by atoms with Crippen LogP contribution in [0.3, 0.4) is 0 Å². The van der Waals surface area contributed by atoms with Crippen LogP contribution in [-0.4, -0.2) is 27.7 Å². The molecule has 0 saturated carbocycles. The minimum atomic E-state index is -0.610. The molecule has 4 N–H and O–H groups in total. The minimum absolute atomic E-state index is 0.0754. The number of aliphatic hydroxyl groups excluding tert-OH is 1.